The lowest BCUT2D eigenvalue weighted by atomic mass is 10.1. The van der Waals surface area contributed by atoms with Crippen LogP contribution in [0.2, 0.25) is 5.02 Å². The van der Waals surface area contributed by atoms with Crippen LogP contribution in [-0.4, -0.2) is 23.1 Å². The van der Waals surface area contributed by atoms with Crippen molar-refractivity contribution in [2.24, 2.45) is 0 Å². The van der Waals surface area contributed by atoms with E-state index in [-0.39, 0.29) is 5.56 Å². The molecule has 0 saturated carbocycles. The van der Waals surface area contributed by atoms with Gasteiger partial charge in [0.2, 0.25) is 0 Å². The third-order valence-electron chi connectivity index (χ3n) is 2.97. The molecule has 0 aliphatic heterocycles. The highest BCUT2D eigenvalue weighted by Crippen LogP contribution is 2.24. The molecule has 2 aromatic rings. The van der Waals surface area contributed by atoms with Crippen molar-refractivity contribution in [2.75, 3.05) is 11.9 Å². The van der Waals surface area contributed by atoms with Gasteiger partial charge in [-0.05, 0) is 18.6 Å². The molecule has 20 heavy (non-hydrogen) atoms. The maximum absolute atomic E-state index is 10.8. The van der Waals surface area contributed by atoms with Gasteiger partial charge in [0.25, 0.3) is 0 Å². The molecule has 5 heteroatoms. The smallest absolute Gasteiger partial charge is 0.337 e. The number of pyridine rings is 1. The second-order valence-electron chi connectivity index (χ2n) is 4.68. The Hall–Kier alpha value is -2.07. The Balaban J connectivity index is 2.18. The summed E-state index contributed by atoms with van der Waals surface area (Å²) in [5.74, 6) is -0.468. The Kier molecular flexibility index (Phi) is 4.25. The van der Waals surface area contributed by atoms with Gasteiger partial charge in [-0.3, -0.25) is 0 Å². The van der Waals surface area contributed by atoms with Crippen LogP contribution in [0.3, 0.4) is 0 Å². The van der Waals surface area contributed by atoms with Gasteiger partial charge in [-0.25, -0.2) is 9.78 Å². The number of aromatic carboxylic acids is 1. The van der Waals surface area contributed by atoms with Gasteiger partial charge >= 0.3 is 5.97 Å². The number of carbonyl (C=O) groups is 1. The zero-order valence-electron chi connectivity index (χ0n) is 11.3. The van der Waals surface area contributed by atoms with Crippen molar-refractivity contribution >= 4 is 23.4 Å². The molecular formula is C15H15ClN2O2. The number of halogens is 1. The molecule has 104 valence electrons. The minimum atomic E-state index is -1.04. The normalized spacial score (nSPS) is 10.3. The summed E-state index contributed by atoms with van der Waals surface area (Å²) in [6.45, 7) is 2.69. The molecule has 0 unspecified atom stereocenters. The quantitative estimate of drug-likeness (QED) is 0.938. The molecule has 1 heterocycles. The van der Waals surface area contributed by atoms with Gasteiger partial charge in [0.1, 0.15) is 5.82 Å². The highest BCUT2D eigenvalue weighted by molar-refractivity contribution is 6.33. The predicted molar refractivity (Wildman–Crippen MR) is 79.5 cm³/mol. The first-order valence-electron chi connectivity index (χ1n) is 6.13. The van der Waals surface area contributed by atoms with Gasteiger partial charge in [0, 0.05) is 19.8 Å². The summed E-state index contributed by atoms with van der Waals surface area (Å²) in [4.78, 5) is 16.9. The number of hydrogen-bond acceptors (Lipinski definition) is 3. The van der Waals surface area contributed by atoms with E-state index in [2.05, 4.69) is 4.98 Å². The molecule has 0 saturated heterocycles. The van der Waals surface area contributed by atoms with E-state index in [4.69, 9.17) is 16.7 Å². The fourth-order valence-corrected chi connectivity index (χ4v) is 2.18. The lowest BCUT2D eigenvalue weighted by Gasteiger charge is -2.19. The fourth-order valence-electron chi connectivity index (χ4n) is 1.87. The van der Waals surface area contributed by atoms with Crippen LogP contribution < -0.4 is 4.90 Å². The molecular weight excluding hydrogens is 276 g/mol. The summed E-state index contributed by atoms with van der Waals surface area (Å²) in [6.07, 6.45) is 1.31. The van der Waals surface area contributed by atoms with E-state index in [1.165, 1.54) is 17.8 Å². The average molecular weight is 291 g/mol. The van der Waals surface area contributed by atoms with Crippen molar-refractivity contribution in [3.63, 3.8) is 0 Å². The number of anilines is 1. The van der Waals surface area contributed by atoms with Crippen LogP contribution in [0.1, 0.15) is 21.5 Å². The summed E-state index contributed by atoms with van der Waals surface area (Å²) in [7, 11) is 1.87. The van der Waals surface area contributed by atoms with E-state index in [0.717, 1.165) is 5.56 Å². The number of aryl methyl sites for hydroxylation is 1. The van der Waals surface area contributed by atoms with Crippen molar-refractivity contribution in [3.05, 3.63) is 58.2 Å². The predicted octanol–water partition coefficient (Wildman–Crippen LogP) is 3.38. The number of hydrogen-bond donors (Lipinski definition) is 1. The molecule has 1 aromatic heterocycles. The Morgan fingerprint density at radius 3 is 2.55 bits per heavy atom. The Morgan fingerprint density at radius 2 is 2.00 bits per heavy atom. The highest BCUT2D eigenvalue weighted by Gasteiger charge is 2.12. The second-order valence-corrected chi connectivity index (χ2v) is 5.08. The van der Waals surface area contributed by atoms with Gasteiger partial charge in [-0.15, -0.1) is 0 Å². The Labute approximate surface area is 122 Å². The minimum Gasteiger partial charge on any atom is -0.478 e. The maximum Gasteiger partial charge on any atom is 0.337 e. The van der Waals surface area contributed by atoms with Crippen molar-refractivity contribution in [2.45, 2.75) is 13.5 Å². The first kappa shape index (κ1) is 14.3. The Morgan fingerprint density at radius 1 is 1.35 bits per heavy atom. The molecule has 1 aromatic carbocycles. The number of carboxylic acid groups (broad SMARTS) is 1. The molecule has 0 fully saturated rings. The average Bonchev–Trinajstić information content (AvgIpc) is 2.41. The van der Waals surface area contributed by atoms with Gasteiger partial charge in [0.15, 0.2) is 0 Å². The van der Waals surface area contributed by atoms with Gasteiger partial charge in [0.05, 0.1) is 10.6 Å². The SMILES string of the molecule is Cc1ccc(CN(C)c2ncc(C(=O)O)cc2Cl)cc1. The van der Waals surface area contributed by atoms with Crippen molar-refractivity contribution in [1.29, 1.82) is 0 Å². The van der Waals surface area contributed by atoms with Gasteiger partial charge < -0.3 is 10.0 Å². The van der Waals surface area contributed by atoms with E-state index in [0.29, 0.717) is 17.4 Å². The number of nitrogens with zero attached hydrogens (tertiary/aromatic N) is 2. The maximum atomic E-state index is 10.8. The molecule has 2 rings (SSSR count). The highest BCUT2D eigenvalue weighted by atomic mass is 35.5. The summed E-state index contributed by atoms with van der Waals surface area (Å²) >= 11 is 6.09. The van der Waals surface area contributed by atoms with Gasteiger partial charge in [-0.2, -0.15) is 0 Å². The largest absolute Gasteiger partial charge is 0.478 e. The van der Waals surface area contributed by atoms with E-state index in [1.54, 1.807) is 0 Å². The summed E-state index contributed by atoms with van der Waals surface area (Å²) < 4.78 is 0. The zero-order valence-corrected chi connectivity index (χ0v) is 12.1. The molecule has 0 amide bonds. The van der Waals surface area contributed by atoms with Crippen molar-refractivity contribution < 1.29 is 9.90 Å². The number of rotatable bonds is 4. The summed E-state index contributed by atoms with van der Waals surface area (Å²) in [6, 6.07) is 9.60. The third kappa shape index (κ3) is 3.27. The summed E-state index contributed by atoms with van der Waals surface area (Å²) in [5.41, 5.74) is 2.43. The molecule has 1 N–H and O–H groups in total. The van der Waals surface area contributed by atoms with Crippen LogP contribution in [0.5, 0.6) is 0 Å². The fraction of sp³-hybridized carbons (Fsp3) is 0.200. The Bertz CT molecular complexity index is 626. The molecule has 0 aliphatic carbocycles. The standard InChI is InChI=1S/C15H15ClN2O2/c1-10-3-5-11(6-4-10)9-18(2)14-13(16)7-12(8-17-14)15(19)20/h3-8H,9H2,1-2H3,(H,19,20). The van der Waals surface area contributed by atoms with Gasteiger partial charge in [-0.1, -0.05) is 41.4 Å². The number of benzene rings is 1. The molecule has 4 nitrogen and oxygen atoms in total. The molecule has 0 bridgehead atoms. The van der Waals surface area contributed by atoms with E-state index in [9.17, 15) is 4.79 Å². The van der Waals surface area contributed by atoms with E-state index >= 15 is 0 Å². The van der Waals surface area contributed by atoms with Crippen LogP contribution in [0.4, 0.5) is 5.82 Å². The number of carboxylic acids is 1. The second kappa shape index (κ2) is 5.92. The van der Waals surface area contributed by atoms with Crippen LogP contribution in [0.25, 0.3) is 0 Å². The molecule has 0 radical (unpaired) electrons. The number of aromatic nitrogens is 1. The topological polar surface area (TPSA) is 53.4 Å². The van der Waals surface area contributed by atoms with E-state index < -0.39 is 5.97 Å². The lowest BCUT2D eigenvalue weighted by molar-refractivity contribution is 0.0696. The minimum absolute atomic E-state index is 0.0856. The summed E-state index contributed by atoms with van der Waals surface area (Å²) in [5, 5.41) is 9.22. The first-order valence-corrected chi connectivity index (χ1v) is 6.50. The zero-order chi connectivity index (χ0) is 14.7. The van der Waals surface area contributed by atoms with E-state index in [1.807, 2.05) is 43.1 Å². The van der Waals surface area contributed by atoms with Crippen LogP contribution in [-0.2, 0) is 6.54 Å². The lowest BCUT2D eigenvalue weighted by Crippen LogP contribution is -2.18. The van der Waals surface area contributed by atoms with Crippen LogP contribution in [0, 0.1) is 6.92 Å². The monoisotopic (exact) mass is 290 g/mol. The van der Waals surface area contributed by atoms with Crippen LogP contribution in [0.15, 0.2) is 36.5 Å². The molecule has 0 atom stereocenters. The van der Waals surface area contributed by atoms with Crippen LogP contribution >= 0.6 is 11.6 Å². The molecule has 0 spiro atoms. The van der Waals surface area contributed by atoms with Crippen molar-refractivity contribution in [1.82, 2.24) is 4.98 Å². The molecule has 0 aliphatic rings. The third-order valence-corrected chi connectivity index (χ3v) is 3.25. The van der Waals surface area contributed by atoms with Crippen molar-refractivity contribution in [3.8, 4) is 0 Å². The first-order chi connectivity index (χ1) is 9.47.